The molecule has 0 amide bonds. The number of ether oxygens (including phenoxy) is 1. The smallest absolute Gasteiger partial charge is 0.325 e. The molecule has 6 heteroatoms. The summed E-state index contributed by atoms with van der Waals surface area (Å²) in [5.74, 6) is -1.39. The molecule has 0 unspecified atom stereocenters. The van der Waals surface area contributed by atoms with Gasteiger partial charge in [-0.15, -0.1) is 11.3 Å². The van der Waals surface area contributed by atoms with Crippen molar-refractivity contribution in [3.8, 4) is 5.75 Å². The molecule has 0 fully saturated rings. The third kappa shape index (κ3) is 2.71. The highest BCUT2D eigenvalue weighted by Crippen LogP contribution is 2.32. The Hall–Kier alpha value is -1.92. The lowest BCUT2D eigenvalue weighted by atomic mass is 10.0. The summed E-state index contributed by atoms with van der Waals surface area (Å²) in [4.78, 5) is 14.9. The summed E-state index contributed by atoms with van der Waals surface area (Å²) < 4.78 is 18.8. The highest BCUT2D eigenvalue weighted by molar-refractivity contribution is 7.10. The highest BCUT2D eigenvalue weighted by Gasteiger charge is 2.31. The van der Waals surface area contributed by atoms with E-state index in [0.29, 0.717) is 18.7 Å². The minimum atomic E-state index is -0.969. The standard InChI is InChI=1S/C16H16FNO3S/c1-21-13-3-2-10(8-12(13)17)15(16(19)20)18-6-4-14-11(9-18)5-7-22-14/h2-3,5,7-8,15H,4,6,9H2,1H3,(H,19,20)/t15-/m0/s1. The zero-order valence-electron chi connectivity index (χ0n) is 12.1. The number of nitrogens with zero attached hydrogens (tertiary/aromatic N) is 1. The maximum absolute atomic E-state index is 13.9. The highest BCUT2D eigenvalue weighted by atomic mass is 32.1. The van der Waals surface area contributed by atoms with Gasteiger partial charge >= 0.3 is 5.97 Å². The molecule has 2 aromatic rings. The molecule has 0 spiro atoms. The van der Waals surface area contributed by atoms with Crippen LogP contribution in [0, 0.1) is 5.82 Å². The molecule has 0 bridgehead atoms. The lowest BCUT2D eigenvalue weighted by Crippen LogP contribution is -2.37. The maximum atomic E-state index is 13.9. The van der Waals surface area contributed by atoms with Crippen LogP contribution in [0.2, 0.25) is 0 Å². The second-order valence-electron chi connectivity index (χ2n) is 5.22. The lowest BCUT2D eigenvalue weighted by molar-refractivity contribution is -0.144. The van der Waals surface area contributed by atoms with Gasteiger partial charge in [-0.3, -0.25) is 9.69 Å². The number of carbonyl (C=O) groups is 1. The molecular weight excluding hydrogens is 305 g/mol. The monoisotopic (exact) mass is 321 g/mol. The Labute approximate surface area is 131 Å². The number of aliphatic carboxylic acids is 1. The Morgan fingerprint density at radius 2 is 2.27 bits per heavy atom. The van der Waals surface area contributed by atoms with Gasteiger partial charge in [-0.2, -0.15) is 0 Å². The van der Waals surface area contributed by atoms with E-state index in [4.69, 9.17) is 4.74 Å². The Balaban J connectivity index is 1.91. The van der Waals surface area contributed by atoms with E-state index in [2.05, 4.69) is 0 Å². The van der Waals surface area contributed by atoms with Crippen LogP contribution < -0.4 is 4.74 Å². The van der Waals surface area contributed by atoms with E-state index in [1.165, 1.54) is 24.1 Å². The molecule has 0 saturated carbocycles. The molecule has 1 N–H and O–H groups in total. The Bertz CT molecular complexity index is 700. The van der Waals surface area contributed by atoms with Crippen LogP contribution >= 0.6 is 11.3 Å². The zero-order chi connectivity index (χ0) is 15.7. The molecule has 22 heavy (non-hydrogen) atoms. The molecule has 0 aliphatic carbocycles. The first-order valence-electron chi connectivity index (χ1n) is 6.95. The Kier molecular flexibility index (Phi) is 4.13. The van der Waals surface area contributed by atoms with E-state index in [9.17, 15) is 14.3 Å². The van der Waals surface area contributed by atoms with Crippen LogP contribution in [0.1, 0.15) is 22.0 Å². The molecule has 1 aliphatic heterocycles. The minimum absolute atomic E-state index is 0.117. The van der Waals surface area contributed by atoms with Crippen molar-refractivity contribution in [3.63, 3.8) is 0 Å². The Morgan fingerprint density at radius 3 is 2.95 bits per heavy atom. The van der Waals surface area contributed by atoms with Crippen LogP contribution in [-0.4, -0.2) is 29.6 Å². The number of methoxy groups -OCH3 is 1. The normalized spacial score (nSPS) is 16.1. The molecule has 1 aliphatic rings. The van der Waals surface area contributed by atoms with Crippen LogP contribution in [0.3, 0.4) is 0 Å². The molecule has 1 aromatic heterocycles. The van der Waals surface area contributed by atoms with Crippen LogP contribution in [0.4, 0.5) is 4.39 Å². The average Bonchev–Trinajstić information content (AvgIpc) is 2.95. The van der Waals surface area contributed by atoms with Gasteiger partial charge in [-0.05, 0) is 41.1 Å². The van der Waals surface area contributed by atoms with Crippen molar-refractivity contribution in [3.05, 3.63) is 51.5 Å². The molecule has 2 heterocycles. The number of hydrogen-bond acceptors (Lipinski definition) is 4. The van der Waals surface area contributed by atoms with Crippen molar-refractivity contribution >= 4 is 17.3 Å². The predicted molar refractivity (Wildman–Crippen MR) is 81.8 cm³/mol. The van der Waals surface area contributed by atoms with E-state index in [-0.39, 0.29) is 5.75 Å². The number of thiophene rings is 1. The molecule has 1 atom stereocenters. The van der Waals surface area contributed by atoms with E-state index in [1.807, 2.05) is 16.3 Å². The molecule has 1 aromatic carbocycles. The van der Waals surface area contributed by atoms with Crippen molar-refractivity contribution in [2.45, 2.75) is 19.0 Å². The Morgan fingerprint density at radius 1 is 1.45 bits per heavy atom. The fraction of sp³-hybridized carbons (Fsp3) is 0.312. The van der Waals surface area contributed by atoms with Gasteiger partial charge in [0.1, 0.15) is 6.04 Å². The molecule has 3 rings (SSSR count). The van der Waals surface area contributed by atoms with E-state index in [1.54, 1.807) is 17.4 Å². The zero-order valence-corrected chi connectivity index (χ0v) is 12.9. The fourth-order valence-corrected chi connectivity index (χ4v) is 3.74. The topological polar surface area (TPSA) is 49.8 Å². The SMILES string of the molecule is COc1ccc([C@@H](C(=O)O)N2CCc3sccc3C2)cc1F. The van der Waals surface area contributed by atoms with Gasteiger partial charge in [0, 0.05) is 18.0 Å². The number of benzene rings is 1. The van der Waals surface area contributed by atoms with Gasteiger partial charge < -0.3 is 9.84 Å². The maximum Gasteiger partial charge on any atom is 0.325 e. The summed E-state index contributed by atoms with van der Waals surface area (Å²) >= 11 is 1.70. The second-order valence-corrected chi connectivity index (χ2v) is 6.22. The van der Waals surface area contributed by atoms with Crippen LogP contribution in [0.5, 0.6) is 5.75 Å². The number of carboxylic acids is 1. The van der Waals surface area contributed by atoms with Crippen molar-refractivity contribution in [1.29, 1.82) is 0 Å². The van der Waals surface area contributed by atoms with Crippen LogP contribution in [-0.2, 0) is 17.8 Å². The van der Waals surface area contributed by atoms with Gasteiger partial charge in [0.2, 0.25) is 0 Å². The quantitative estimate of drug-likeness (QED) is 0.940. The summed E-state index contributed by atoms with van der Waals surface area (Å²) in [5.41, 5.74) is 1.60. The van der Waals surface area contributed by atoms with Crippen molar-refractivity contribution in [1.82, 2.24) is 4.90 Å². The third-order valence-corrected chi connectivity index (χ3v) is 4.95. The molecule has 0 radical (unpaired) electrons. The third-order valence-electron chi connectivity index (χ3n) is 3.93. The van der Waals surface area contributed by atoms with Crippen LogP contribution in [0.25, 0.3) is 0 Å². The number of hydrogen-bond donors (Lipinski definition) is 1. The molecule has 116 valence electrons. The van der Waals surface area contributed by atoms with E-state index in [0.717, 1.165) is 12.0 Å². The van der Waals surface area contributed by atoms with Crippen molar-refractivity contribution < 1.29 is 19.0 Å². The molecule has 0 saturated heterocycles. The largest absolute Gasteiger partial charge is 0.494 e. The molecular formula is C16H16FNO3S. The molecule has 4 nitrogen and oxygen atoms in total. The fourth-order valence-electron chi connectivity index (χ4n) is 2.85. The summed E-state index contributed by atoms with van der Waals surface area (Å²) in [5, 5.41) is 11.6. The number of carboxylic acid groups (broad SMARTS) is 1. The first-order valence-corrected chi connectivity index (χ1v) is 7.83. The van der Waals surface area contributed by atoms with E-state index < -0.39 is 17.8 Å². The number of halogens is 1. The first-order chi connectivity index (χ1) is 10.6. The van der Waals surface area contributed by atoms with Gasteiger partial charge in [0.25, 0.3) is 0 Å². The van der Waals surface area contributed by atoms with Gasteiger partial charge in [0.15, 0.2) is 11.6 Å². The first kappa shape index (κ1) is 15.0. The van der Waals surface area contributed by atoms with Crippen molar-refractivity contribution in [2.75, 3.05) is 13.7 Å². The van der Waals surface area contributed by atoms with Gasteiger partial charge in [-0.25, -0.2) is 4.39 Å². The van der Waals surface area contributed by atoms with Gasteiger partial charge in [0.05, 0.1) is 7.11 Å². The average molecular weight is 321 g/mol. The van der Waals surface area contributed by atoms with Gasteiger partial charge in [-0.1, -0.05) is 6.07 Å². The summed E-state index contributed by atoms with van der Waals surface area (Å²) in [7, 11) is 1.38. The summed E-state index contributed by atoms with van der Waals surface area (Å²) in [6.07, 6.45) is 0.829. The van der Waals surface area contributed by atoms with E-state index >= 15 is 0 Å². The summed E-state index contributed by atoms with van der Waals surface area (Å²) in [6, 6.07) is 5.51. The van der Waals surface area contributed by atoms with Crippen molar-refractivity contribution in [2.24, 2.45) is 0 Å². The second kappa shape index (κ2) is 6.06. The minimum Gasteiger partial charge on any atom is -0.494 e. The van der Waals surface area contributed by atoms with Crippen LogP contribution in [0.15, 0.2) is 29.6 Å². The number of fused-ring (bicyclic) bond motifs is 1. The summed E-state index contributed by atoms with van der Waals surface area (Å²) in [6.45, 7) is 1.22. The number of rotatable bonds is 4. The predicted octanol–water partition coefficient (Wildman–Crippen LogP) is 3.08. The lowest BCUT2D eigenvalue weighted by Gasteiger charge is -2.32.